The van der Waals surface area contributed by atoms with Gasteiger partial charge in [0, 0.05) is 5.02 Å². The van der Waals surface area contributed by atoms with Crippen LogP contribution in [0.25, 0.3) is 0 Å². The number of nitrogens with one attached hydrogen (secondary N) is 1. The Bertz CT molecular complexity index is 1140. The minimum Gasteiger partial charge on any atom is -0.490 e. The molecule has 0 fully saturated rings. The van der Waals surface area contributed by atoms with Gasteiger partial charge in [0.1, 0.15) is 5.75 Å². The van der Waals surface area contributed by atoms with Crippen molar-refractivity contribution in [3.8, 4) is 17.2 Å². The summed E-state index contributed by atoms with van der Waals surface area (Å²) in [5, 5.41) is 4.48. The standard InChI is InChI=1S/C26H25ClN2O5/c1-3-18-5-12-22(13-6-18)33-17-25(30)29-28-16-19-7-14-23(24(15-19)32-4-2)34-26(31)20-8-10-21(27)11-9-20/h5-16H,3-4,17H2,1-2H3,(H,29,30). The van der Waals surface area contributed by atoms with Crippen molar-refractivity contribution in [2.75, 3.05) is 13.2 Å². The van der Waals surface area contributed by atoms with E-state index in [1.54, 1.807) is 42.5 Å². The van der Waals surface area contributed by atoms with Crippen molar-refractivity contribution in [2.24, 2.45) is 5.10 Å². The number of nitrogens with zero attached hydrogens (tertiary/aromatic N) is 1. The Balaban J connectivity index is 1.57. The molecule has 0 aromatic heterocycles. The lowest BCUT2D eigenvalue weighted by molar-refractivity contribution is -0.123. The van der Waals surface area contributed by atoms with Gasteiger partial charge in [-0.15, -0.1) is 0 Å². The Morgan fingerprint density at radius 3 is 2.35 bits per heavy atom. The number of benzene rings is 3. The average molecular weight is 481 g/mol. The van der Waals surface area contributed by atoms with Gasteiger partial charge in [0.2, 0.25) is 0 Å². The van der Waals surface area contributed by atoms with E-state index >= 15 is 0 Å². The second kappa shape index (κ2) is 12.4. The minimum atomic E-state index is -0.532. The second-order valence-electron chi connectivity index (χ2n) is 7.11. The van der Waals surface area contributed by atoms with E-state index in [4.69, 9.17) is 25.8 Å². The Hall–Kier alpha value is -3.84. The summed E-state index contributed by atoms with van der Waals surface area (Å²) in [5.41, 5.74) is 4.62. The highest BCUT2D eigenvalue weighted by Crippen LogP contribution is 2.29. The topological polar surface area (TPSA) is 86.2 Å². The molecule has 0 radical (unpaired) electrons. The molecule has 0 saturated heterocycles. The highest BCUT2D eigenvalue weighted by atomic mass is 35.5. The van der Waals surface area contributed by atoms with Crippen LogP contribution in [0, 0.1) is 0 Å². The van der Waals surface area contributed by atoms with Gasteiger partial charge in [-0.2, -0.15) is 5.10 Å². The first-order valence-electron chi connectivity index (χ1n) is 10.8. The number of esters is 1. The van der Waals surface area contributed by atoms with E-state index in [0.29, 0.717) is 34.3 Å². The molecule has 34 heavy (non-hydrogen) atoms. The van der Waals surface area contributed by atoms with Crippen LogP contribution in [0.1, 0.15) is 35.3 Å². The molecule has 3 aromatic carbocycles. The lowest BCUT2D eigenvalue weighted by Crippen LogP contribution is -2.24. The van der Waals surface area contributed by atoms with Gasteiger partial charge >= 0.3 is 5.97 Å². The van der Waals surface area contributed by atoms with Crippen LogP contribution in [-0.4, -0.2) is 31.3 Å². The first-order chi connectivity index (χ1) is 16.5. The maximum absolute atomic E-state index is 12.4. The zero-order chi connectivity index (χ0) is 24.3. The van der Waals surface area contributed by atoms with Crippen LogP contribution < -0.4 is 19.6 Å². The van der Waals surface area contributed by atoms with Crippen LogP contribution in [0.15, 0.2) is 71.8 Å². The molecule has 0 saturated carbocycles. The Labute approximate surface area is 203 Å². The molecule has 8 heteroatoms. The van der Waals surface area contributed by atoms with Crippen molar-refractivity contribution in [3.05, 3.63) is 88.4 Å². The summed E-state index contributed by atoms with van der Waals surface area (Å²) in [6, 6.07) is 18.9. The molecule has 1 N–H and O–H groups in total. The third-order valence-electron chi connectivity index (χ3n) is 4.65. The molecule has 1 amide bonds. The van der Waals surface area contributed by atoms with Crippen molar-refractivity contribution >= 4 is 29.7 Å². The fraction of sp³-hybridized carbons (Fsp3) is 0.192. The number of carbonyl (C=O) groups is 2. The number of rotatable bonds is 10. The summed E-state index contributed by atoms with van der Waals surface area (Å²) in [6.45, 7) is 4.10. The van der Waals surface area contributed by atoms with E-state index in [2.05, 4.69) is 17.5 Å². The van der Waals surface area contributed by atoms with Crippen LogP contribution >= 0.6 is 11.6 Å². The molecule has 0 unspecified atom stereocenters. The van der Waals surface area contributed by atoms with Gasteiger partial charge in [0.15, 0.2) is 18.1 Å². The van der Waals surface area contributed by atoms with Crippen molar-refractivity contribution < 1.29 is 23.8 Å². The number of hydrogen-bond donors (Lipinski definition) is 1. The van der Waals surface area contributed by atoms with Gasteiger partial charge in [-0.05, 0) is 79.1 Å². The number of halogens is 1. The van der Waals surface area contributed by atoms with Gasteiger partial charge in [-0.3, -0.25) is 4.79 Å². The van der Waals surface area contributed by atoms with Gasteiger partial charge in [0.25, 0.3) is 5.91 Å². The van der Waals surface area contributed by atoms with Gasteiger partial charge in [-0.1, -0.05) is 30.7 Å². The van der Waals surface area contributed by atoms with Gasteiger partial charge in [0.05, 0.1) is 18.4 Å². The number of amides is 1. The molecular weight excluding hydrogens is 456 g/mol. The highest BCUT2D eigenvalue weighted by Gasteiger charge is 2.13. The predicted molar refractivity (Wildman–Crippen MR) is 131 cm³/mol. The third kappa shape index (κ3) is 7.35. The zero-order valence-electron chi connectivity index (χ0n) is 18.9. The molecule has 0 heterocycles. The zero-order valence-corrected chi connectivity index (χ0v) is 19.7. The van der Waals surface area contributed by atoms with E-state index in [-0.39, 0.29) is 12.4 Å². The Morgan fingerprint density at radius 2 is 1.68 bits per heavy atom. The first kappa shape index (κ1) is 24.8. The normalized spacial score (nSPS) is 10.7. The molecule has 7 nitrogen and oxygen atoms in total. The van der Waals surface area contributed by atoms with Crippen LogP contribution in [0.2, 0.25) is 5.02 Å². The molecule has 3 aromatic rings. The average Bonchev–Trinajstić information content (AvgIpc) is 2.85. The van der Waals surface area contributed by atoms with Crippen molar-refractivity contribution in [2.45, 2.75) is 20.3 Å². The van der Waals surface area contributed by atoms with Crippen molar-refractivity contribution in [1.82, 2.24) is 5.43 Å². The lowest BCUT2D eigenvalue weighted by Gasteiger charge is -2.11. The summed E-state index contributed by atoms with van der Waals surface area (Å²) in [7, 11) is 0. The van der Waals surface area contributed by atoms with Gasteiger partial charge in [-0.25, -0.2) is 10.2 Å². The largest absolute Gasteiger partial charge is 0.490 e. The molecule has 0 aliphatic heterocycles. The van der Waals surface area contributed by atoms with E-state index in [0.717, 1.165) is 6.42 Å². The van der Waals surface area contributed by atoms with Crippen LogP contribution in [0.3, 0.4) is 0 Å². The fourth-order valence-corrected chi connectivity index (χ4v) is 3.01. The first-order valence-corrected chi connectivity index (χ1v) is 11.1. The van der Waals surface area contributed by atoms with E-state index in [1.165, 1.54) is 11.8 Å². The Morgan fingerprint density at radius 1 is 0.941 bits per heavy atom. The van der Waals surface area contributed by atoms with Crippen LogP contribution in [-0.2, 0) is 11.2 Å². The van der Waals surface area contributed by atoms with E-state index < -0.39 is 11.9 Å². The molecule has 0 bridgehead atoms. The van der Waals surface area contributed by atoms with Crippen molar-refractivity contribution in [3.63, 3.8) is 0 Å². The molecule has 0 atom stereocenters. The summed E-state index contributed by atoms with van der Waals surface area (Å²) >= 11 is 5.86. The summed E-state index contributed by atoms with van der Waals surface area (Å²) in [6.07, 6.45) is 2.40. The van der Waals surface area contributed by atoms with E-state index in [1.807, 2.05) is 31.2 Å². The quantitative estimate of drug-likeness (QED) is 0.190. The number of aryl methyl sites for hydroxylation is 1. The van der Waals surface area contributed by atoms with Gasteiger partial charge < -0.3 is 14.2 Å². The van der Waals surface area contributed by atoms with Crippen LogP contribution in [0.5, 0.6) is 17.2 Å². The fourth-order valence-electron chi connectivity index (χ4n) is 2.88. The summed E-state index contributed by atoms with van der Waals surface area (Å²) in [4.78, 5) is 24.4. The smallest absolute Gasteiger partial charge is 0.343 e. The lowest BCUT2D eigenvalue weighted by atomic mass is 10.2. The number of hydrogen-bond acceptors (Lipinski definition) is 6. The molecular formula is C26H25ClN2O5. The maximum Gasteiger partial charge on any atom is 0.343 e. The SMILES string of the molecule is CCOc1cc(C=NNC(=O)COc2ccc(CC)cc2)ccc1OC(=O)c1ccc(Cl)cc1. The maximum atomic E-state index is 12.4. The minimum absolute atomic E-state index is 0.160. The molecule has 0 spiro atoms. The Kier molecular flexibility index (Phi) is 9.05. The van der Waals surface area contributed by atoms with E-state index in [9.17, 15) is 9.59 Å². The second-order valence-corrected chi connectivity index (χ2v) is 7.55. The number of ether oxygens (including phenoxy) is 3. The molecule has 176 valence electrons. The van der Waals surface area contributed by atoms with Crippen molar-refractivity contribution in [1.29, 1.82) is 0 Å². The number of carbonyl (C=O) groups excluding carboxylic acids is 2. The summed E-state index contributed by atoms with van der Waals surface area (Å²) in [5.74, 6) is 0.329. The predicted octanol–water partition coefficient (Wildman–Crippen LogP) is 5.05. The third-order valence-corrected chi connectivity index (χ3v) is 4.91. The highest BCUT2D eigenvalue weighted by molar-refractivity contribution is 6.30. The summed E-state index contributed by atoms with van der Waals surface area (Å²) < 4.78 is 16.5. The number of hydrazone groups is 1. The monoisotopic (exact) mass is 480 g/mol. The molecule has 0 aliphatic carbocycles. The van der Waals surface area contributed by atoms with Crippen LogP contribution in [0.4, 0.5) is 0 Å². The molecule has 3 rings (SSSR count). The molecule has 0 aliphatic rings.